The first-order valence-electron chi connectivity index (χ1n) is 10.9. The lowest BCUT2D eigenvalue weighted by molar-refractivity contribution is -0.385. The summed E-state index contributed by atoms with van der Waals surface area (Å²) in [5, 5.41) is 19.0. The molecule has 5 rings (SSSR count). The number of nitrogens with zero attached hydrogens (tertiary/aromatic N) is 4. The van der Waals surface area contributed by atoms with Gasteiger partial charge in [-0.05, 0) is 42.5 Å². The van der Waals surface area contributed by atoms with Gasteiger partial charge >= 0.3 is 0 Å². The van der Waals surface area contributed by atoms with E-state index in [1.54, 1.807) is 55.3 Å². The van der Waals surface area contributed by atoms with Crippen molar-refractivity contribution < 1.29 is 23.9 Å². The van der Waals surface area contributed by atoms with Crippen LogP contribution in [0.2, 0.25) is 10.0 Å². The van der Waals surface area contributed by atoms with Crippen molar-refractivity contribution in [1.29, 1.82) is 0 Å². The third-order valence-corrected chi connectivity index (χ3v) is 7.08. The summed E-state index contributed by atoms with van der Waals surface area (Å²) in [4.78, 5) is 16.4. The first-order valence-corrected chi connectivity index (χ1v) is 12.6. The molecule has 1 aliphatic heterocycles. The Kier molecular flexibility index (Phi) is 7.23. The zero-order valence-electron chi connectivity index (χ0n) is 19.9. The lowest BCUT2D eigenvalue weighted by atomic mass is 10.1. The highest BCUT2D eigenvalue weighted by Gasteiger charge is 2.23. The molecule has 0 atom stereocenters. The fourth-order valence-electron chi connectivity index (χ4n) is 3.68. The minimum absolute atomic E-state index is 0.0151. The molecule has 0 spiro atoms. The van der Waals surface area contributed by atoms with Crippen LogP contribution in [0.25, 0.3) is 11.3 Å². The summed E-state index contributed by atoms with van der Waals surface area (Å²) in [6, 6.07) is 13.2. The molecule has 4 aromatic rings. The average molecular weight is 573 g/mol. The Balaban J connectivity index is 1.70. The predicted molar refractivity (Wildman–Crippen MR) is 145 cm³/mol. The van der Waals surface area contributed by atoms with Crippen LogP contribution in [0.15, 0.2) is 64.0 Å². The molecule has 0 saturated heterocycles. The molecule has 3 aromatic carbocycles. The number of halogens is 2. The predicted octanol–water partition coefficient (Wildman–Crippen LogP) is 6.29. The van der Waals surface area contributed by atoms with E-state index >= 15 is 0 Å². The molecule has 10 nitrogen and oxygen atoms in total. The molecule has 0 saturated carbocycles. The molecule has 38 heavy (non-hydrogen) atoms. The van der Waals surface area contributed by atoms with Crippen LogP contribution in [-0.2, 0) is 0 Å². The topological polar surface area (TPSA) is 110 Å². The van der Waals surface area contributed by atoms with E-state index < -0.39 is 4.92 Å². The van der Waals surface area contributed by atoms with Crippen LogP contribution in [0.1, 0.15) is 5.56 Å². The number of hydrogen-bond donors (Lipinski definition) is 0. The Hall–Kier alpha value is -4.06. The maximum absolute atomic E-state index is 11.8. The summed E-state index contributed by atoms with van der Waals surface area (Å²) in [5.74, 6) is 1.87. The molecule has 13 heteroatoms. The van der Waals surface area contributed by atoms with Gasteiger partial charge in [-0.25, -0.2) is 9.67 Å². The van der Waals surface area contributed by atoms with Crippen LogP contribution in [0, 0.1) is 10.1 Å². The van der Waals surface area contributed by atoms with Crippen molar-refractivity contribution in [3.63, 3.8) is 0 Å². The third kappa shape index (κ3) is 5.03. The zero-order chi connectivity index (χ0) is 26.8. The molecular formula is C25H18Cl2N4O6S. The summed E-state index contributed by atoms with van der Waals surface area (Å²) < 4.78 is 23.2. The van der Waals surface area contributed by atoms with Gasteiger partial charge in [-0.3, -0.25) is 10.1 Å². The third-order valence-electron chi connectivity index (χ3n) is 5.53. The molecule has 1 aliphatic rings. The van der Waals surface area contributed by atoms with E-state index in [2.05, 4.69) is 10.1 Å². The number of benzene rings is 3. The minimum Gasteiger partial charge on any atom is -0.497 e. The van der Waals surface area contributed by atoms with Crippen LogP contribution in [0.4, 0.5) is 11.4 Å². The van der Waals surface area contributed by atoms with Gasteiger partial charge in [-0.2, -0.15) is 5.10 Å². The molecule has 0 fully saturated rings. The van der Waals surface area contributed by atoms with Crippen molar-refractivity contribution in [2.75, 3.05) is 21.0 Å². The Bertz CT molecular complexity index is 1650. The Morgan fingerprint density at radius 3 is 2.55 bits per heavy atom. The highest BCUT2D eigenvalue weighted by Crippen LogP contribution is 2.38. The standard InChI is InChI=1S/C25H18Cl2N4O6S/c1-34-16-4-6-22(35-2)17(9-16)21-12-38-25(29-15-3-5-18(26)19(27)8-15)30(21)28-11-14-7-23-24(37-13-36-23)10-20(14)31(32)33/h3-12H,13H2,1-2H3. The van der Waals surface area contributed by atoms with Crippen LogP contribution >= 0.6 is 34.5 Å². The van der Waals surface area contributed by atoms with Gasteiger partial charge in [0.25, 0.3) is 5.69 Å². The quantitative estimate of drug-likeness (QED) is 0.146. The van der Waals surface area contributed by atoms with Gasteiger partial charge < -0.3 is 18.9 Å². The highest BCUT2D eigenvalue weighted by atomic mass is 35.5. The molecule has 194 valence electrons. The zero-order valence-corrected chi connectivity index (χ0v) is 22.2. The van der Waals surface area contributed by atoms with E-state index in [1.165, 1.54) is 29.7 Å². The van der Waals surface area contributed by atoms with Gasteiger partial charge in [0.1, 0.15) is 11.5 Å². The molecule has 0 bridgehead atoms. The maximum atomic E-state index is 11.8. The molecule has 0 N–H and O–H groups in total. The van der Waals surface area contributed by atoms with Crippen LogP contribution < -0.4 is 23.7 Å². The molecule has 0 unspecified atom stereocenters. The van der Waals surface area contributed by atoms with Crippen molar-refractivity contribution in [1.82, 2.24) is 4.68 Å². The summed E-state index contributed by atoms with van der Waals surface area (Å²) in [6.45, 7) is -0.0151. The van der Waals surface area contributed by atoms with Crippen LogP contribution in [-0.4, -0.2) is 36.8 Å². The van der Waals surface area contributed by atoms with Crippen molar-refractivity contribution in [3.05, 3.63) is 84.4 Å². The van der Waals surface area contributed by atoms with Gasteiger partial charge in [0, 0.05) is 10.9 Å². The lowest BCUT2D eigenvalue weighted by Gasteiger charge is -2.11. The molecule has 0 radical (unpaired) electrons. The number of nitro groups is 1. The first kappa shape index (κ1) is 25.6. The number of aromatic nitrogens is 1. The number of fused-ring (bicyclic) bond motifs is 1. The molecular weight excluding hydrogens is 555 g/mol. The summed E-state index contributed by atoms with van der Waals surface area (Å²) >= 11 is 13.6. The Labute approximate surface area is 230 Å². The van der Waals surface area contributed by atoms with Crippen molar-refractivity contribution >= 4 is 52.1 Å². The number of rotatable bonds is 7. The number of ether oxygens (including phenoxy) is 4. The monoisotopic (exact) mass is 572 g/mol. The van der Waals surface area contributed by atoms with E-state index in [9.17, 15) is 10.1 Å². The van der Waals surface area contributed by atoms with Gasteiger partial charge in [0.05, 0.1) is 58.4 Å². The first-order chi connectivity index (χ1) is 18.4. The molecule has 1 aromatic heterocycles. The second-order valence-corrected chi connectivity index (χ2v) is 9.41. The summed E-state index contributed by atoms with van der Waals surface area (Å²) in [7, 11) is 3.12. The van der Waals surface area contributed by atoms with Gasteiger partial charge in [-0.15, -0.1) is 11.3 Å². The number of methoxy groups -OCH3 is 2. The van der Waals surface area contributed by atoms with Gasteiger partial charge in [0.2, 0.25) is 11.6 Å². The molecule has 2 heterocycles. The van der Waals surface area contributed by atoms with Crippen molar-refractivity contribution in [3.8, 4) is 34.3 Å². The van der Waals surface area contributed by atoms with E-state index in [4.69, 9.17) is 42.1 Å². The van der Waals surface area contributed by atoms with Crippen molar-refractivity contribution in [2.24, 2.45) is 10.1 Å². The van der Waals surface area contributed by atoms with Crippen LogP contribution in [0.3, 0.4) is 0 Å². The van der Waals surface area contributed by atoms with E-state index in [0.29, 0.717) is 54.8 Å². The maximum Gasteiger partial charge on any atom is 0.282 e. The molecule has 0 amide bonds. The fraction of sp³-hybridized carbons (Fsp3) is 0.120. The Morgan fingerprint density at radius 2 is 1.84 bits per heavy atom. The fourth-order valence-corrected chi connectivity index (χ4v) is 4.82. The van der Waals surface area contributed by atoms with Crippen LogP contribution in [0.5, 0.6) is 23.0 Å². The summed E-state index contributed by atoms with van der Waals surface area (Å²) in [5.41, 5.74) is 1.88. The van der Waals surface area contributed by atoms with E-state index in [1.807, 2.05) is 5.38 Å². The minimum atomic E-state index is -0.505. The van der Waals surface area contributed by atoms with E-state index in [0.717, 1.165) is 0 Å². The normalized spacial score (nSPS) is 12.8. The molecule has 0 aliphatic carbocycles. The Morgan fingerprint density at radius 1 is 1.05 bits per heavy atom. The second kappa shape index (κ2) is 10.7. The van der Waals surface area contributed by atoms with Gasteiger partial charge in [-0.1, -0.05) is 23.2 Å². The van der Waals surface area contributed by atoms with Gasteiger partial charge in [0.15, 0.2) is 11.5 Å². The number of nitro benzene ring substituents is 1. The number of thiazole rings is 1. The van der Waals surface area contributed by atoms with Crippen molar-refractivity contribution in [2.45, 2.75) is 0 Å². The largest absolute Gasteiger partial charge is 0.497 e. The second-order valence-electron chi connectivity index (χ2n) is 7.76. The number of hydrogen-bond acceptors (Lipinski definition) is 9. The lowest BCUT2D eigenvalue weighted by Crippen LogP contribution is -2.12. The average Bonchev–Trinajstić information content (AvgIpc) is 3.54. The van der Waals surface area contributed by atoms with E-state index in [-0.39, 0.29) is 18.0 Å². The smallest absolute Gasteiger partial charge is 0.282 e. The SMILES string of the molecule is COc1ccc(OC)c(-c2csc(=Nc3ccc(Cl)c(Cl)c3)n2N=Cc2cc3c(cc2[N+](=O)[O-])OCO3)c1. The highest BCUT2D eigenvalue weighted by molar-refractivity contribution is 7.07. The summed E-state index contributed by atoms with van der Waals surface area (Å²) in [6.07, 6.45) is 1.37.